The Morgan fingerprint density at radius 3 is 2.82 bits per heavy atom. The number of amidine groups is 1. The second-order valence-electron chi connectivity index (χ2n) is 8.02. The van der Waals surface area contributed by atoms with Crippen LogP contribution >= 0.6 is 0 Å². The van der Waals surface area contributed by atoms with Gasteiger partial charge in [0.25, 0.3) is 15.9 Å². The third-order valence-corrected chi connectivity index (χ3v) is 6.73. The molecule has 0 aliphatic carbocycles. The van der Waals surface area contributed by atoms with Gasteiger partial charge in [-0.25, -0.2) is 13.2 Å². The summed E-state index contributed by atoms with van der Waals surface area (Å²) in [7, 11) is -3.82. The molecule has 2 N–H and O–H groups in total. The van der Waals surface area contributed by atoms with E-state index in [0.717, 1.165) is 30.2 Å². The number of sulfonamides is 1. The Hall–Kier alpha value is -3.66. The highest BCUT2D eigenvalue weighted by molar-refractivity contribution is 7.90. The van der Waals surface area contributed by atoms with Crippen LogP contribution in [0.15, 0.2) is 67.6 Å². The molecule has 3 aromatic rings. The van der Waals surface area contributed by atoms with E-state index in [9.17, 15) is 18.0 Å². The van der Waals surface area contributed by atoms with Crippen molar-refractivity contribution in [2.24, 2.45) is 4.99 Å². The lowest BCUT2D eigenvalue weighted by Gasteiger charge is -2.12. The van der Waals surface area contributed by atoms with E-state index in [0.29, 0.717) is 35.8 Å². The van der Waals surface area contributed by atoms with Gasteiger partial charge in [-0.3, -0.25) is 14.5 Å². The van der Waals surface area contributed by atoms with Crippen LogP contribution in [0, 0.1) is 6.92 Å². The van der Waals surface area contributed by atoms with Gasteiger partial charge >= 0.3 is 5.63 Å². The number of ether oxygens (including phenoxy) is 1. The van der Waals surface area contributed by atoms with E-state index in [1.165, 1.54) is 18.2 Å². The summed E-state index contributed by atoms with van der Waals surface area (Å²) in [6, 6.07) is 12.4. The molecule has 178 valence electrons. The maximum Gasteiger partial charge on any atom is 0.336 e. The number of benzene rings is 2. The molecule has 4 rings (SSSR count). The van der Waals surface area contributed by atoms with E-state index in [4.69, 9.17) is 9.15 Å². The number of anilines is 1. The fourth-order valence-electron chi connectivity index (χ4n) is 3.65. The first-order valence-corrected chi connectivity index (χ1v) is 12.4. The number of fused-ring (bicyclic) bond motifs is 1. The van der Waals surface area contributed by atoms with Crippen LogP contribution in [-0.2, 0) is 14.8 Å². The van der Waals surface area contributed by atoms with Crippen molar-refractivity contribution in [3.63, 3.8) is 0 Å². The minimum atomic E-state index is -3.82. The van der Waals surface area contributed by atoms with Gasteiger partial charge in [0.2, 0.25) is 0 Å². The second kappa shape index (κ2) is 10.1. The number of nitrogens with one attached hydrogen (secondary N) is 2. The van der Waals surface area contributed by atoms with Crippen LogP contribution < -0.4 is 20.4 Å². The Kier molecular flexibility index (Phi) is 6.97. The highest BCUT2D eigenvalue weighted by atomic mass is 32.2. The van der Waals surface area contributed by atoms with E-state index in [2.05, 4.69) is 15.0 Å². The summed E-state index contributed by atoms with van der Waals surface area (Å²) in [6.45, 7) is 2.10. The highest BCUT2D eigenvalue weighted by Gasteiger charge is 2.18. The number of aryl methyl sites for hydroxylation is 1. The number of carbonyl (C=O) groups excluding carboxylic acids is 1. The van der Waals surface area contributed by atoms with Crippen LogP contribution in [-0.4, -0.2) is 33.3 Å². The molecule has 1 aromatic heterocycles. The minimum Gasteiger partial charge on any atom is -0.484 e. The van der Waals surface area contributed by atoms with E-state index < -0.39 is 21.6 Å². The summed E-state index contributed by atoms with van der Waals surface area (Å²) in [5.74, 6) is 0.351. The maximum atomic E-state index is 12.8. The van der Waals surface area contributed by atoms with Crippen molar-refractivity contribution >= 4 is 38.4 Å². The van der Waals surface area contributed by atoms with Crippen molar-refractivity contribution in [2.45, 2.75) is 37.5 Å². The molecule has 34 heavy (non-hydrogen) atoms. The summed E-state index contributed by atoms with van der Waals surface area (Å²) < 4.78 is 38.8. The molecule has 1 aliphatic rings. The molecule has 0 fully saturated rings. The monoisotopic (exact) mass is 483 g/mol. The Morgan fingerprint density at radius 1 is 1.12 bits per heavy atom. The van der Waals surface area contributed by atoms with Gasteiger partial charge < -0.3 is 14.5 Å². The fourth-order valence-corrected chi connectivity index (χ4v) is 4.79. The molecule has 1 amide bonds. The van der Waals surface area contributed by atoms with Crippen LogP contribution in [0.4, 0.5) is 5.69 Å². The lowest BCUT2D eigenvalue weighted by molar-refractivity contribution is -0.118. The summed E-state index contributed by atoms with van der Waals surface area (Å²) in [6.07, 6.45) is 3.44. The molecule has 1 aliphatic heterocycles. The molecular weight excluding hydrogens is 458 g/mol. The van der Waals surface area contributed by atoms with Gasteiger partial charge in [0.1, 0.15) is 17.2 Å². The van der Waals surface area contributed by atoms with Gasteiger partial charge in [-0.05, 0) is 55.7 Å². The van der Waals surface area contributed by atoms with Crippen LogP contribution in [0.1, 0.15) is 31.2 Å². The minimum absolute atomic E-state index is 0.0260. The van der Waals surface area contributed by atoms with Gasteiger partial charge in [-0.15, -0.1) is 0 Å². The third kappa shape index (κ3) is 5.82. The smallest absolute Gasteiger partial charge is 0.336 e. The molecule has 0 radical (unpaired) electrons. The van der Waals surface area contributed by atoms with Crippen molar-refractivity contribution < 1.29 is 22.4 Å². The quantitative estimate of drug-likeness (QED) is 0.518. The molecule has 2 aromatic carbocycles. The van der Waals surface area contributed by atoms with E-state index in [-0.39, 0.29) is 11.5 Å². The first-order chi connectivity index (χ1) is 16.3. The number of carbonyl (C=O) groups is 1. The summed E-state index contributed by atoms with van der Waals surface area (Å²) >= 11 is 0. The van der Waals surface area contributed by atoms with E-state index >= 15 is 0 Å². The third-order valence-electron chi connectivity index (χ3n) is 5.35. The van der Waals surface area contributed by atoms with Crippen molar-refractivity contribution in [3.8, 4) is 5.75 Å². The lowest BCUT2D eigenvalue weighted by Crippen LogP contribution is -2.30. The number of nitrogens with zero attached hydrogens (tertiary/aromatic N) is 1. The Balaban J connectivity index is 1.40. The van der Waals surface area contributed by atoms with Gasteiger partial charge in [-0.1, -0.05) is 12.5 Å². The molecule has 2 heterocycles. The second-order valence-corrected chi connectivity index (χ2v) is 9.70. The standard InChI is InChI=1S/C24H25N3O6S/c1-16-12-24(29)33-21-14-18(9-10-20(16)21)32-15-23(28)26-17-6-5-7-19(13-17)34(30,31)27-22-8-3-2-4-11-25-22/h5-7,9-10,12-14H,2-4,8,11,15H2,1H3,(H,25,27)(H,26,28). The van der Waals surface area contributed by atoms with Gasteiger partial charge in [-0.2, -0.15) is 0 Å². The Labute approximate surface area is 196 Å². The zero-order chi connectivity index (χ0) is 24.1. The zero-order valence-corrected chi connectivity index (χ0v) is 19.5. The molecule has 0 atom stereocenters. The normalized spacial score (nSPS) is 14.2. The summed E-state index contributed by atoms with van der Waals surface area (Å²) in [5, 5.41) is 3.41. The average Bonchev–Trinajstić information content (AvgIpc) is 3.05. The van der Waals surface area contributed by atoms with Crippen LogP contribution in [0.3, 0.4) is 0 Å². The molecule has 0 saturated heterocycles. The average molecular weight is 484 g/mol. The summed E-state index contributed by atoms with van der Waals surface area (Å²) in [4.78, 5) is 28.3. The first kappa shape index (κ1) is 23.5. The first-order valence-electron chi connectivity index (χ1n) is 10.9. The number of amides is 1. The lowest BCUT2D eigenvalue weighted by atomic mass is 10.1. The molecular formula is C24H25N3O6S. The SMILES string of the molecule is Cc1cc(=O)oc2cc(OCC(=O)Nc3cccc(S(=O)(=O)NC4=NCCCCC4)c3)ccc12. The molecule has 0 bridgehead atoms. The molecule has 0 spiro atoms. The summed E-state index contributed by atoms with van der Waals surface area (Å²) in [5.41, 5.74) is 1.01. The van der Waals surface area contributed by atoms with Crippen LogP contribution in [0.5, 0.6) is 5.75 Å². The number of aliphatic imine (C=N–C) groups is 1. The topological polar surface area (TPSA) is 127 Å². The Morgan fingerprint density at radius 2 is 1.97 bits per heavy atom. The largest absolute Gasteiger partial charge is 0.484 e. The van der Waals surface area contributed by atoms with Crippen LogP contribution in [0.25, 0.3) is 11.0 Å². The number of hydrogen-bond acceptors (Lipinski definition) is 7. The van der Waals surface area contributed by atoms with E-state index in [1.807, 2.05) is 0 Å². The zero-order valence-electron chi connectivity index (χ0n) is 18.7. The fraction of sp³-hybridized carbons (Fsp3) is 0.292. The van der Waals surface area contributed by atoms with Crippen molar-refractivity contribution in [3.05, 3.63) is 64.5 Å². The Bertz CT molecular complexity index is 1410. The molecule has 0 unspecified atom stereocenters. The predicted molar refractivity (Wildman–Crippen MR) is 129 cm³/mol. The molecule has 0 saturated carbocycles. The van der Waals surface area contributed by atoms with E-state index in [1.54, 1.807) is 37.3 Å². The van der Waals surface area contributed by atoms with Gasteiger partial charge in [0, 0.05) is 36.2 Å². The highest BCUT2D eigenvalue weighted by Crippen LogP contribution is 2.22. The predicted octanol–water partition coefficient (Wildman–Crippen LogP) is 3.37. The maximum absolute atomic E-state index is 12.8. The van der Waals surface area contributed by atoms with Crippen molar-refractivity contribution in [1.82, 2.24) is 4.72 Å². The van der Waals surface area contributed by atoms with Crippen molar-refractivity contribution in [2.75, 3.05) is 18.5 Å². The number of hydrogen-bond donors (Lipinski definition) is 2. The molecule has 10 heteroatoms. The molecule has 9 nitrogen and oxygen atoms in total. The van der Waals surface area contributed by atoms with Crippen LogP contribution in [0.2, 0.25) is 0 Å². The van der Waals surface area contributed by atoms with Crippen molar-refractivity contribution in [1.29, 1.82) is 0 Å². The number of rotatable bonds is 6. The van der Waals surface area contributed by atoms with Gasteiger partial charge in [0.05, 0.1) is 4.90 Å². The van der Waals surface area contributed by atoms with Gasteiger partial charge in [0.15, 0.2) is 6.61 Å².